The van der Waals surface area contributed by atoms with Crippen molar-refractivity contribution in [2.75, 3.05) is 17.3 Å². The van der Waals surface area contributed by atoms with Crippen LogP contribution in [0.4, 0.5) is 5.69 Å². The summed E-state index contributed by atoms with van der Waals surface area (Å²) in [6.45, 7) is 4.38. The Bertz CT molecular complexity index is 684. The minimum absolute atomic E-state index is 0.0746. The first-order valence-corrected chi connectivity index (χ1v) is 7.69. The fourth-order valence-corrected chi connectivity index (χ4v) is 3.30. The Hall–Kier alpha value is -2.02. The van der Waals surface area contributed by atoms with Crippen LogP contribution in [-0.4, -0.2) is 32.6 Å². The van der Waals surface area contributed by atoms with Crippen LogP contribution in [-0.2, 0) is 11.2 Å². The number of nitrogens with zero attached hydrogens (tertiary/aromatic N) is 4. The number of aromatic nitrogens is 3. The molecular formula is C14H17N5OS. The van der Waals surface area contributed by atoms with Crippen molar-refractivity contribution >= 4 is 23.4 Å². The fraction of sp³-hybridized carbons (Fsp3) is 0.357. The van der Waals surface area contributed by atoms with Crippen LogP contribution in [0.3, 0.4) is 0 Å². The molecule has 2 aromatic rings. The summed E-state index contributed by atoms with van der Waals surface area (Å²) < 4.78 is 1.41. The van der Waals surface area contributed by atoms with E-state index in [0.717, 1.165) is 18.7 Å². The first kappa shape index (κ1) is 13.9. The van der Waals surface area contributed by atoms with Gasteiger partial charge in [0.15, 0.2) is 0 Å². The third kappa shape index (κ3) is 2.49. The van der Waals surface area contributed by atoms with E-state index in [2.05, 4.69) is 16.3 Å². The Morgan fingerprint density at radius 1 is 1.38 bits per heavy atom. The summed E-state index contributed by atoms with van der Waals surface area (Å²) in [5.41, 5.74) is 2.24. The lowest BCUT2D eigenvalue weighted by Crippen LogP contribution is -2.35. The Balaban J connectivity index is 1.75. The summed E-state index contributed by atoms with van der Waals surface area (Å²) >= 11 is 1.33. The summed E-state index contributed by atoms with van der Waals surface area (Å²) in [6, 6.07) is 8.03. The molecular weight excluding hydrogens is 286 g/mol. The molecule has 1 aliphatic rings. The summed E-state index contributed by atoms with van der Waals surface area (Å²) in [4.78, 5) is 14.5. The van der Waals surface area contributed by atoms with Crippen molar-refractivity contribution in [2.24, 2.45) is 0 Å². The number of nitrogens with two attached hydrogens (primary N) is 1. The van der Waals surface area contributed by atoms with E-state index in [9.17, 15) is 4.79 Å². The summed E-state index contributed by atoms with van der Waals surface area (Å²) in [5, 5.41) is 8.19. The molecule has 110 valence electrons. The van der Waals surface area contributed by atoms with Crippen LogP contribution in [0.25, 0.3) is 0 Å². The maximum absolute atomic E-state index is 12.6. The second-order valence-corrected chi connectivity index (χ2v) is 6.34. The number of carbonyl (C=O) groups is 1. The molecule has 2 heterocycles. The number of benzene rings is 1. The van der Waals surface area contributed by atoms with Crippen LogP contribution in [0.5, 0.6) is 0 Å². The van der Waals surface area contributed by atoms with Crippen LogP contribution in [0.2, 0.25) is 0 Å². The van der Waals surface area contributed by atoms with Crippen LogP contribution in [0.15, 0.2) is 29.4 Å². The molecule has 0 radical (unpaired) electrons. The van der Waals surface area contributed by atoms with Crippen molar-refractivity contribution in [3.63, 3.8) is 0 Å². The highest BCUT2D eigenvalue weighted by molar-refractivity contribution is 8.00. The Kier molecular flexibility index (Phi) is 3.59. The number of para-hydroxylation sites is 1. The third-order valence-corrected chi connectivity index (χ3v) is 4.66. The molecule has 6 nitrogen and oxygen atoms in total. The van der Waals surface area contributed by atoms with E-state index < -0.39 is 0 Å². The maximum atomic E-state index is 12.6. The van der Waals surface area contributed by atoms with E-state index in [1.54, 1.807) is 6.92 Å². The van der Waals surface area contributed by atoms with Crippen molar-refractivity contribution in [1.82, 2.24) is 14.9 Å². The fourth-order valence-electron chi connectivity index (χ4n) is 2.43. The van der Waals surface area contributed by atoms with Crippen LogP contribution < -0.4 is 10.7 Å². The quantitative estimate of drug-likeness (QED) is 0.684. The largest absolute Gasteiger partial charge is 0.336 e. The molecule has 1 aliphatic heterocycles. The van der Waals surface area contributed by atoms with Gasteiger partial charge in [-0.1, -0.05) is 30.0 Å². The molecule has 0 saturated heterocycles. The number of anilines is 1. The Labute approximate surface area is 127 Å². The Morgan fingerprint density at radius 3 is 2.86 bits per heavy atom. The van der Waals surface area contributed by atoms with Crippen molar-refractivity contribution in [3.05, 3.63) is 35.7 Å². The van der Waals surface area contributed by atoms with E-state index >= 15 is 0 Å². The van der Waals surface area contributed by atoms with Gasteiger partial charge in [0, 0.05) is 12.2 Å². The van der Waals surface area contributed by atoms with Crippen molar-refractivity contribution < 1.29 is 4.79 Å². The number of hydrogen-bond donors (Lipinski definition) is 1. The number of aryl methyl sites for hydroxylation is 1. The highest BCUT2D eigenvalue weighted by Gasteiger charge is 2.29. The van der Waals surface area contributed by atoms with Gasteiger partial charge in [-0.2, -0.15) is 0 Å². The van der Waals surface area contributed by atoms with Gasteiger partial charge in [0.05, 0.1) is 5.25 Å². The minimum atomic E-state index is -0.262. The molecule has 1 amide bonds. The lowest BCUT2D eigenvalue weighted by Gasteiger charge is -2.21. The number of amides is 1. The zero-order valence-corrected chi connectivity index (χ0v) is 12.8. The van der Waals surface area contributed by atoms with Crippen LogP contribution in [0, 0.1) is 6.92 Å². The van der Waals surface area contributed by atoms with Gasteiger partial charge in [0.1, 0.15) is 5.82 Å². The van der Waals surface area contributed by atoms with Crippen molar-refractivity contribution in [3.8, 4) is 0 Å². The van der Waals surface area contributed by atoms with Gasteiger partial charge in [0.2, 0.25) is 11.1 Å². The SMILES string of the molecule is Cc1nnc(S[C@H](C)C(=O)N2CCc3ccccc32)n1N. The van der Waals surface area contributed by atoms with E-state index in [1.165, 1.54) is 22.0 Å². The number of thioether (sulfide) groups is 1. The summed E-state index contributed by atoms with van der Waals surface area (Å²) in [6.07, 6.45) is 0.908. The van der Waals surface area contributed by atoms with Gasteiger partial charge in [-0.15, -0.1) is 10.2 Å². The van der Waals surface area contributed by atoms with Gasteiger partial charge < -0.3 is 10.7 Å². The number of carbonyl (C=O) groups excluding carboxylic acids is 1. The van der Waals surface area contributed by atoms with Crippen molar-refractivity contribution in [2.45, 2.75) is 30.7 Å². The first-order chi connectivity index (χ1) is 10.1. The number of hydrogen-bond acceptors (Lipinski definition) is 5. The molecule has 3 rings (SSSR count). The molecule has 2 N–H and O–H groups in total. The van der Waals surface area contributed by atoms with Gasteiger partial charge in [-0.05, 0) is 31.9 Å². The average Bonchev–Trinajstić information content (AvgIpc) is 3.05. The third-order valence-electron chi connectivity index (χ3n) is 3.62. The maximum Gasteiger partial charge on any atom is 0.240 e. The highest BCUT2D eigenvalue weighted by atomic mass is 32.2. The van der Waals surface area contributed by atoms with Gasteiger partial charge in [-0.3, -0.25) is 4.79 Å². The molecule has 1 atom stereocenters. The molecule has 7 heteroatoms. The molecule has 0 unspecified atom stereocenters. The zero-order valence-electron chi connectivity index (χ0n) is 12.0. The second-order valence-electron chi connectivity index (χ2n) is 5.03. The predicted octanol–water partition coefficient (Wildman–Crippen LogP) is 1.37. The predicted molar refractivity (Wildman–Crippen MR) is 82.7 cm³/mol. The number of rotatable bonds is 3. The number of nitrogen functional groups attached to an aromatic ring is 1. The molecule has 0 spiro atoms. The van der Waals surface area contributed by atoms with Gasteiger partial charge in [0.25, 0.3) is 0 Å². The highest BCUT2D eigenvalue weighted by Crippen LogP contribution is 2.30. The molecule has 21 heavy (non-hydrogen) atoms. The smallest absolute Gasteiger partial charge is 0.240 e. The lowest BCUT2D eigenvalue weighted by atomic mass is 10.2. The van der Waals surface area contributed by atoms with Crippen molar-refractivity contribution in [1.29, 1.82) is 0 Å². The zero-order chi connectivity index (χ0) is 15.0. The van der Waals surface area contributed by atoms with E-state index in [4.69, 9.17) is 5.84 Å². The molecule has 0 bridgehead atoms. The van der Waals surface area contributed by atoms with Gasteiger partial charge >= 0.3 is 0 Å². The van der Waals surface area contributed by atoms with E-state index in [0.29, 0.717) is 11.0 Å². The lowest BCUT2D eigenvalue weighted by molar-refractivity contribution is -0.117. The molecule has 0 aliphatic carbocycles. The van der Waals surface area contributed by atoms with Crippen LogP contribution >= 0.6 is 11.8 Å². The molecule has 1 aromatic carbocycles. The van der Waals surface area contributed by atoms with Crippen LogP contribution in [0.1, 0.15) is 18.3 Å². The summed E-state index contributed by atoms with van der Waals surface area (Å²) in [7, 11) is 0. The average molecular weight is 303 g/mol. The van der Waals surface area contributed by atoms with Gasteiger partial charge in [-0.25, -0.2) is 4.68 Å². The summed E-state index contributed by atoms with van der Waals surface area (Å²) in [5.74, 6) is 6.53. The standard InChI is InChI=1S/C14H17N5OS/c1-9(21-14-17-16-10(2)19(14)15)13(20)18-8-7-11-5-3-4-6-12(11)18/h3-6,9H,7-8,15H2,1-2H3/t9-/m1/s1. The van der Waals surface area contributed by atoms with E-state index in [-0.39, 0.29) is 11.2 Å². The molecule has 0 fully saturated rings. The molecule has 1 aromatic heterocycles. The normalized spacial score (nSPS) is 15.0. The van der Waals surface area contributed by atoms with E-state index in [1.807, 2.05) is 30.0 Å². The monoisotopic (exact) mass is 303 g/mol. The molecule has 0 saturated carbocycles. The minimum Gasteiger partial charge on any atom is -0.336 e. The number of fused-ring (bicyclic) bond motifs is 1. The Morgan fingerprint density at radius 2 is 2.14 bits per heavy atom. The topological polar surface area (TPSA) is 77.0 Å². The second kappa shape index (κ2) is 5.40. The first-order valence-electron chi connectivity index (χ1n) is 6.81.